The maximum Gasteiger partial charge on any atom is 0.0372 e. The Morgan fingerprint density at radius 3 is 3.07 bits per heavy atom. The summed E-state index contributed by atoms with van der Waals surface area (Å²) in [6.07, 6.45) is 4.50. The molecular weight excluding hydrogens is 186 g/mol. The zero-order valence-electron chi connectivity index (χ0n) is 9.32. The van der Waals surface area contributed by atoms with Crippen molar-refractivity contribution < 1.29 is 0 Å². The Balaban J connectivity index is 1.99. The van der Waals surface area contributed by atoms with Gasteiger partial charge < -0.3 is 5.73 Å². The van der Waals surface area contributed by atoms with E-state index in [1.54, 1.807) is 0 Å². The largest absolute Gasteiger partial charge is 0.329 e. The number of hydrogen-bond donors (Lipinski definition) is 1. The first-order valence-corrected chi connectivity index (χ1v) is 5.65. The van der Waals surface area contributed by atoms with E-state index in [0.29, 0.717) is 6.04 Å². The van der Waals surface area contributed by atoms with Crippen LogP contribution in [0.15, 0.2) is 18.3 Å². The summed E-state index contributed by atoms with van der Waals surface area (Å²) in [4.78, 5) is 6.78. The molecule has 2 rings (SSSR count). The highest BCUT2D eigenvalue weighted by atomic mass is 15.2. The van der Waals surface area contributed by atoms with E-state index >= 15 is 0 Å². The molecule has 1 fully saturated rings. The van der Waals surface area contributed by atoms with Gasteiger partial charge in [0.1, 0.15) is 0 Å². The first-order chi connectivity index (χ1) is 7.29. The zero-order valence-corrected chi connectivity index (χ0v) is 9.32. The van der Waals surface area contributed by atoms with Gasteiger partial charge in [0.2, 0.25) is 0 Å². The Bertz CT molecular complexity index is 307. The second kappa shape index (κ2) is 4.73. The Kier molecular flexibility index (Phi) is 3.34. The molecule has 0 aliphatic carbocycles. The van der Waals surface area contributed by atoms with Crippen LogP contribution in [-0.4, -0.2) is 29.0 Å². The molecule has 2 N–H and O–H groups in total. The van der Waals surface area contributed by atoms with Crippen molar-refractivity contribution in [1.82, 2.24) is 9.88 Å². The van der Waals surface area contributed by atoms with Gasteiger partial charge in [0.25, 0.3) is 0 Å². The summed E-state index contributed by atoms with van der Waals surface area (Å²) < 4.78 is 0. The minimum Gasteiger partial charge on any atom is -0.329 e. The Labute approximate surface area is 91.3 Å². The van der Waals surface area contributed by atoms with E-state index in [1.807, 2.05) is 13.1 Å². The third kappa shape index (κ3) is 2.55. The van der Waals surface area contributed by atoms with Gasteiger partial charge in [0.15, 0.2) is 0 Å². The quantitative estimate of drug-likeness (QED) is 0.809. The van der Waals surface area contributed by atoms with Gasteiger partial charge in [-0.15, -0.1) is 0 Å². The molecule has 0 saturated carbocycles. The fourth-order valence-corrected chi connectivity index (χ4v) is 2.20. The van der Waals surface area contributed by atoms with E-state index in [1.165, 1.54) is 24.9 Å². The maximum atomic E-state index is 5.74. The van der Waals surface area contributed by atoms with Gasteiger partial charge in [-0.05, 0) is 37.9 Å². The third-order valence-corrected chi connectivity index (χ3v) is 3.13. The van der Waals surface area contributed by atoms with Crippen molar-refractivity contribution in [2.24, 2.45) is 5.73 Å². The van der Waals surface area contributed by atoms with Crippen LogP contribution in [-0.2, 0) is 6.54 Å². The Morgan fingerprint density at radius 2 is 2.40 bits per heavy atom. The van der Waals surface area contributed by atoms with Gasteiger partial charge in [0.05, 0.1) is 0 Å². The molecule has 1 aromatic rings. The summed E-state index contributed by atoms with van der Waals surface area (Å²) in [6.45, 7) is 4.96. The first-order valence-electron chi connectivity index (χ1n) is 5.65. The van der Waals surface area contributed by atoms with E-state index in [2.05, 4.69) is 22.0 Å². The predicted molar refractivity (Wildman–Crippen MR) is 61.5 cm³/mol. The number of aryl methyl sites for hydroxylation is 1. The lowest BCUT2D eigenvalue weighted by Crippen LogP contribution is -2.34. The van der Waals surface area contributed by atoms with Gasteiger partial charge in [0, 0.05) is 31.0 Å². The smallest absolute Gasteiger partial charge is 0.0372 e. The molecule has 1 unspecified atom stereocenters. The van der Waals surface area contributed by atoms with Crippen LogP contribution in [0.25, 0.3) is 0 Å². The van der Waals surface area contributed by atoms with Gasteiger partial charge in [-0.25, -0.2) is 0 Å². The molecule has 1 aromatic heterocycles. The monoisotopic (exact) mass is 205 g/mol. The van der Waals surface area contributed by atoms with Gasteiger partial charge >= 0.3 is 0 Å². The topological polar surface area (TPSA) is 42.1 Å². The molecule has 0 aromatic carbocycles. The van der Waals surface area contributed by atoms with Crippen LogP contribution in [0.1, 0.15) is 24.1 Å². The maximum absolute atomic E-state index is 5.74. The average molecular weight is 205 g/mol. The molecule has 0 radical (unpaired) electrons. The molecule has 3 heteroatoms. The van der Waals surface area contributed by atoms with Crippen LogP contribution in [0, 0.1) is 6.92 Å². The molecule has 3 nitrogen and oxygen atoms in total. The van der Waals surface area contributed by atoms with Crippen LogP contribution in [0.4, 0.5) is 0 Å². The number of pyridine rings is 1. The molecular formula is C12H19N3. The average Bonchev–Trinajstić information content (AvgIpc) is 2.69. The molecule has 82 valence electrons. The van der Waals surface area contributed by atoms with E-state index in [9.17, 15) is 0 Å². The van der Waals surface area contributed by atoms with Gasteiger partial charge in [-0.3, -0.25) is 9.88 Å². The molecule has 1 saturated heterocycles. The van der Waals surface area contributed by atoms with Gasteiger partial charge in [-0.2, -0.15) is 0 Å². The Hall–Kier alpha value is -0.930. The van der Waals surface area contributed by atoms with Gasteiger partial charge in [-0.1, -0.05) is 6.07 Å². The molecule has 1 atom stereocenters. The highest BCUT2D eigenvalue weighted by molar-refractivity contribution is 5.13. The van der Waals surface area contributed by atoms with Crippen molar-refractivity contribution in [2.45, 2.75) is 32.4 Å². The summed E-state index contributed by atoms with van der Waals surface area (Å²) in [5, 5.41) is 0. The van der Waals surface area contributed by atoms with Crippen LogP contribution in [0.2, 0.25) is 0 Å². The second-order valence-corrected chi connectivity index (χ2v) is 4.31. The number of rotatable bonds is 3. The zero-order chi connectivity index (χ0) is 10.7. The highest BCUT2D eigenvalue weighted by Crippen LogP contribution is 2.18. The van der Waals surface area contributed by atoms with Crippen molar-refractivity contribution in [3.63, 3.8) is 0 Å². The molecule has 2 heterocycles. The lowest BCUT2D eigenvalue weighted by atomic mass is 10.2. The molecule has 1 aliphatic rings. The van der Waals surface area contributed by atoms with Crippen molar-refractivity contribution in [2.75, 3.05) is 13.1 Å². The van der Waals surface area contributed by atoms with Crippen LogP contribution in [0.3, 0.4) is 0 Å². The van der Waals surface area contributed by atoms with Crippen molar-refractivity contribution in [1.29, 1.82) is 0 Å². The van der Waals surface area contributed by atoms with Crippen molar-refractivity contribution >= 4 is 0 Å². The van der Waals surface area contributed by atoms with E-state index in [4.69, 9.17) is 5.73 Å². The number of nitrogens with zero attached hydrogens (tertiary/aromatic N) is 2. The number of hydrogen-bond acceptors (Lipinski definition) is 3. The summed E-state index contributed by atoms with van der Waals surface area (Å²) in [5.74, 6) is 0. The second-order valence-electron chi connectivity index (χ2n) is 4.31. The molecule has 0 bridgehead atoms. The molecule has 0 amide bonds. The number of aromatic nitrogens is 1. The molecule has 1 aliphatic heterocycles. The van der Waals surface area contributed by atoms with E-state index < -0.39 is 0 Å². The highest BCUT2D eigenvalue weighted by Gasteiger charge is 2.22. The Morgan fingerprint density at radius 1 is 1.53 bits per heavy atom. The SMILES string of the molecule is Cc1ccc(CN2CCCC2CN)cn1. The van der Waals surface area contributed by atoms with Crippen LogP contribution < -0.4 is 5.73 Å². The summed E-state index contributed by atoms with van der Waals surface area (Å²) in [6, 6.07) is 4.81. The minimum atomic E-state index is 0.575. The van der Waals surface area contributed by atoms with Crippen molar-refractivity contribution in [3.8, 4) is 0 Å². The van der Waals surface area contributed by atoms with Crippen molar-refractivity contribution in [3.05, 3.63) is 29.6 Å². The fraction of sp³-hybridized carbons (Fsp3) is 0.583. The first kappa shape index (κ1) is 10.6. The van der Waals surface area contributed by atoms with E-state index in [0.717, 1.165) is 18.8 Å². The summed E-state index contributed by atoms with van der Waals surface area (Å²) >= 11 is 0. The summed E-state index contributed by atoms with van der Waals surface area (Å²) in [5.41, 5.74) is 8.12. The lowest BCUT2D eigenvalue weighted by molar-refractivity contribution is 0.250. The predicted octanol–water partition coefficient (Wildman–Crippen LogP) is 1.31. The van der Waals surface area contributed by atoms with Crippen LogP contribution >= 0.6 is 0 Å². The normalized spacial score (nSPS) is 22.1. The molecule has 0 spiro atoms. The number of nitrogens with two attached hydrogens (primary N) is 1. The van der Waals surface area contributed by atoms with E-state index in [-0.39, 0.29) is 0 Å². The standard InChI is InChI=1S/C12H19N3/c1-10-4-5-11(8-14-10)9-15-6-2-3-12(15)7-13/h4-5,8,12H,2-3,6-7,9,13H2,1H3. The molecule has 15 heavy (non-hydrogen) atoms. The van der Waals surface area contributed by atoms with Crippen LogP contribution in [0.5, 0.6) is 0 Å². The number of likely N-dealkylation sites (tertiary alicyclic amines) is 1. The summed E-state index contributed by atoms with van der Waals surface area (Å²) in [7, 11) is 0. The third-order valence-electron chi connectivity index (χ3n) is 3.13. The minimum absolute atomic E-state index is 0.575. The lowest BCUT2D eigenvalue weighted by Gasteiger charge is -2.22. The fourth-order valence-electron chi connectivity index (χ4n) is 2.20.